The number of β-amino-alcohol motifs (C(OH)–C–C–N with tert-alkyl or cyclic N) is 1. The van der Waals surface area contributed by atoms with Gasteiger partial charge in [-0.3, -0.25) is 29.1 Å². The maximum atomic E-state index is 14.5. The number of alkyl halides is 3. The SMILES string of the molecule is C=C(C[C@H](C(=O)N1C[C@H](O)C[C@H]1C(=O)N[C@@H](C)c1ccc(-c2scnc2C)cc1)C(C)(C)C)CN1CCO[C@@H](CN2CCO[C@H](COc3ccc(N4C(=O)N(c5ccc(C#N)c(C(F)(F)F)c5)C(=O)C4(C)C)cc3)C2)C1. The van der Waals surface area contributed by atoms with Crippen LogP contribution < -0.4 is 19.9 Å². The van der Waals surface area contributed by atoms with E-state index < -0.39 is 58.3 Å². The van der Waals surface area contributed by atoms with E-state index in [1.165, 1.54) is 24.8 Å². The third-order valence-electron chi connectivity index (χ3n) is 14.7. The molecule has 5 heterocycles. The van der Waals surface area contributed by atoms with Gasteiger partial charge < -0.3 is 29.5 Å². The fraction of sp³-hybridized carbons (Fsp3) is 0.500. The highest BCUT2D eigenvalue weighted by atomic mass is 32.1. The number of aromatic nitrogens is 1. The lowest BCUT2D eigenvalue weighted by Crippen LogP contribution is -2.52. The Morgan fingerprint density at radius 2 is 1.63 bits per heavy atom. The summed E-state index contributed by atoms with van der Waals surface area (Å²) in [5.74, 6) is -1.20. The predicted molar refractivity (Wildman–Crippen MR) is 282 cm³/mol. The highest BCUT2D eigenvalue weighted by Crippen LogP contribution is 2.41. The highest BCUT2D eigenvalue weighted by molar-refractivity contribution is 7.13. The maximum Gasteiger partial charge on any atom is 0.417 e. The Bertz CT molecular complexity index is 2830. The molecular formula is C56H67F3N8O8S. The third kappa shape index (κ3) is 12.5. The fourth-order valence-corrected chi connectivity index (χ4v) is 11.4. The Morgan fingerprint density at radius 3 is 2.28 bits per heavy atom. The van der Waals surface area contributed by atoms with E-state index >= 15 is 0 Å². The number of aryl methyl sites for hydroxylation is 1. The summed E-state index contributed by atoms with van der Waals surface area (Å²) in [6, 6.07) is 16.8. The molecule has 4 aromatic rings. The third-order valence-corrected chi connectivity index (χ3v) is 15.7. The van der Waals surface area contributed by atoms with Gasteiger partial charge in [-0.05, 0) is 93.1 Å². The Balaban J connectivity index is 0.810. The van der Waals surface area contributed by atoms with E-state index in [2.05, 4.69) is 26.7 Å². The number of urea groups is 1. The van der Waals surface area contributed by atoms with Gasteiger partial charge in [0.2, 0.25) is 11.8 Å². The molecule has 4 saturated heterocycles. The van der Waals surface area contributed by atoms with Crippen LogP contribution in [0.2, 0.25) is 0 Å². The van der Waals surface area contributed by atoms with E-state index in [0.29, 0.717) is 81.3 Å². The second-order valence-electron chi connectivity index (χ2n) is 21.8. The summed E-state index contributed by atoms with van der Waals surface area (Å²) in [5, 5.41) is 23.2. The van der Waals surface area contributed by atoms with Crippen molar-refractivity contribution in [3.8, 4) is 22.3 Å². The van der Waals surface area contributed by atoms with Crippen LogP contribution in [0.1, 0.15) is 82.8 Å². The minimum absolute atomic E-state index is 0.0806. The smallest absolute Gasteiger partial charge is 0.417 e. The van der Waals surface area contributed by atoms with Gasteiger partial charge in [0.15, 0.2) is 0 Å². The first-order valence-electron chi connectivity index (χ1n) is 25.6. The van der Waals surface area contributed by atoms with Crippen molar-refractivity contribution in [3.05, 3.63) is 107 Å². The zero-order chi connectivity index (χ0) is 54.9. The maximum absolute atomic E-state index is 14.5. The van der Waals surface area contributed by atoms with Crippen LogP contribution in [0.4, 0.5) is 29.3 Å². The number of anilines is 2. The average Bonchev–Trinajstić information content (AvgIpc) is 4.05. The zero-order valence-corrected chi connectivity index (χ0v) is 44.9. The van der Waals surface area contributed by atoms with Crippen molar-refractivity contribution < 1.29 is 51.7 Å². The van der Waals surface area contributed by atoms with Crippen LogP contribution in [0.5, 0.6) is 5.75 Å². The summed E-state index contributed by atoms with van der Waals surface area (Å²) >= 11 is 1.58. The lowest BCUT2D eigenvalue weighted by molar-refractivity contribution is -0.144. The van der Waals surface area contributed by atoms with E-state index in [9.17, 15) is 42.7 Å². The van der Waals surface area contributed by atoms with Crippen LogP contribution in [-0.4, -0.2) is 144 Å². The van der Waals surface area contributed by atoms with Gasteiger partial charge in [-0.15, -0.1) is 11.3 Å². The number of imide groups is 1. The number of carbonyl (C=O) groups is 4. The quantitative estimate of drug-likeness (QED) is 0.0817. The van der Waals surface area contributed by atoms with E-state index in [-0.39, 0.29) is 55.3 Å². The van der Waals surface area contributed by atoms with Gasteiger partial charge in [0.1, 0.15) is 30.0 Å². The average molecular weight is 1070 g/mol. The molecule has 0 unspecified atom stereocenters. The van der Waals surface area contributed by atoms with E-state index in [4.69, 9.17) is 14.2 Å². The summed E-state index contributed by atoms with van der Waals surface area (Å²) < 4.78 is 59.8. The summed E-state index contributed by atoms with van der Waals surface area (Å²) in [6.07, 6.45) is -5.47. The van der Waals surface area contributed by atoms with Crippen molar-refractivity contribution in [1.29, 1.82) is 5.26 Å². The van der Waals surface area contributed by atoms with Crippen LogP contribution in [0.3, 0.4) is 0 Å². The largest absolute Gasteiger partial charge is 0.491 e. The molecular weight excluding hydrogens is 1000 g/mol. The van der Waals surface area contributed by atoms with Gasteiger partial charge in [-0.1, -0.05) is 57.2 Å². The molecule has 406 valence electrons. The van der Waals surface area contributed by atoms with Crippen molar-refractivity contribution in [3.63, 3.8) is 0 Å². The number of nitriles is 1. The standard InChI is InChI=1S/C56H67F3N8O8S/c1-34(23-47(54(4,5)6)51(70)65-28-42(68)25-48(65)50(69)62-35(2)37-9-11-38(12-10-37)49-36(3)61-33-76-49)27-63-19-21-73-44(29-63)30-64-20-22-74-45(31-64)32-75-43-17-15-40(16-18-43)67-53(72)66(52(71)55(67,7)8)41-14-13-39(26-60)46(24-41)56(57,58)59/h9-18,24,33,35,42,44-45,47-48,68H,1,19-23,25,27-32H2,2-8H3,(H,62,69)/t35-,42+,44+,45-,47+,48-/m0/s1. The number of rotatable bonds is 16. The number of likely N-dealkylation sites (tertiary alicyclic amines) is 1. The van der Waals surface area contributed by atoms with Crippen molar-refractivity contribution in [2.75, 3.05) is 75.4 Å². The number of thiazole rings is 1. The molecule has 8 rings (SSSR count). The van der Waals surface area contributed by atoms with Crippen molar-refractivity contribution in [1.82, 2.24) is 25.0 Å². The number of carbonyl (C=O) groups excluding carboxylic acids is 4. The molecule has 4 aliphatic rings. The number of halogens is 3. The summed E-state index contributed by atoms with van der Waals surface area (Å²) in [5.41, 5.74) is 1.94. The predicted octanol–water partition coefficient (Wildman–Crippen LogP) is 7.99. The second kappa shape index (κ2) is 22.8. The minimum atomic E-state index is -4.87. The van der Waals surface area contributed by atoms with Crippen LogP contribution in [0.25, 0.3) is 10.4 Å². The van der Waals surface area contributed by atoms with Gasteiger partial charge in [0.25, 0.3) is 5.91 Å². The van der Waals surface area contributed by atoms with E-state index in [0.717, 1.165) is 39.4 Å². The molecule has 6 atom stereocenters. The second-order valence-corrected chi connectivity index (χ2v) is 22.7. The van der Waals surface area contributed by atoms with Crippen LogP contribution in [-0.2, 0) is 30.0 Å². The van der Waals surface area contributed by atoms with Crippen molar-refractivity contribution in [2.45, 2.75) is 103 Å². The number of aliphatic hydroxyl groups is 1. The topological polar surface area (TPSA) is 181 Å². The first-order valence-corrected chi connectivity index (χ1v) is 26.5. The van der Waals surface area contributed by atoms with Crippen LogP contribution in [0, 0.1) is 29.6 Å². The van der Waals surface area contributed by atoms with Gasteiger partial charge in [-0.2, -0.15) is 18.4 Å². The van der Waals surface area contributed by atoms with Gasteiger partial charge in [0, 0.05) is 63.8 Å². The number of benzene rings is 3. The Hall–Kier alpha value is -6.21. The molecule has 0 bridgehead atoms. The number of hydrogen-bond donors (Lipinski definition) is 2. The summed E-state index contributed by atoms with van der Waals surface area (Å²) in [4.78, 5) is 69.2. The molecule has 3 aromatic carbocycles. The first-order chi connectivity index (χ1) is 35.9. The lowest BCUT2D eigenvalue weighted by Gasteiger charge is -2.39. The van der Waals surface area contributed by atoms with Gasteiger partial charge >= 0.3 is 12.2 Å². The Morgan fingerprint density at radius 1 is 0.974 bits per heavy atom. The van der Waals surface area contributed by atoms with E-state index in [1.54, 1.807) is 40.5 Å². The molecule has 2 N–H and O–H groups in total. The van der Waals surface area contributed by atoms with Crippen LogP contribution in [0.15, 0.2) is 84.4 Å². The molecule has 76 heavy (non-hydrogen) atoms. The van der Waals surface area contributed by atoms with Gasteiger partial charge in [0.05, 0.1) is 70.4 Å². The van der Waals surface area contributed by atoms with Crippen LogP contribution >= 0.6 is 11.3 Å². The van der Waals surface area contributed by atoms with Crippen molar-refractivity contribution >= 4 is 46.5 Å². The normalized spacial score (nSPS) is 22.4. The summed E-state index contributed by atoms with van der Waals surface area (Å²) in [7, 11) is 0. The van der Waals surface area contributed by atoms with Crippen molar-refractivity contribution in [2.24, 2.45) is 11.3 Å². The molecule has 20 heteroatoms. The first kappa shape index (κ1) is 56.0. The molecule has 4 aliphatic heterocycles. The number of amides is 5. The monoisotopic (exact) mass is 1070 g/mol. The number of aliphatic hydroxyl groups excluding tert-OH is 1. The Kier molecular flexibility index (Phi) is 16.8. The lowest BCUT2D eigenvalue weighted by atomic mass is 9.76. The molecule has 0 saturated carbocycles. The number of morpholine rings is 2. The number of nitrogens with one attached hydrogen (secondary N) is 1. The molecule has 5 amide bonds. The summed E-state index contributed by atoms with van der Waals surface area (Å²) in [6.45, 7) is 22.6. The molecule has 16 nitrogen and oxygen atoms in total. The molecule has 4 fully saturated rings. The minimum Gasteiger partial charge on any atom is -0.491 e. The van der Waals surface area contributed by atoms with Gasteiger partial charge in [-0.25, -0.2) is 14.7 Å². The van der Waals surface area contributed by atoms with E-state index in [1.807, 2.05) is 64.4 Å². The number of nitrogens with zero attached hydrogens (tertiary/aromatic N) is 7. The molecule has 1 aromatic heterocycles. The number of ether oxygens (including phenoxy) is 3. The molecule has 0 aliphatic carbocycles. The zero-order valence-electron chi connectivity index (χ0n) is 44.1. The Labute approximate surface area is 446 Å². The molecule has 0 spiro atoms. The highest BCUT2D eigenvalue weighted by Gasteiger charge is 2.53. The molecule has 0 radical (unpaired) electrons. The fourth-order valence-electron chi connectivity index (χ4n) is 10.5. The number of hydrogen-bond acceptors (Lipinski definition) is 13.